The molecular formula is C25H34N2O2. The van der Waals surface area contributed by atoms with Gasteiger partial charge in [0.25, 0.3) is 0 Å². The molecule has 2 amide bonds. The summed E-state index contributed by atoms with van der Waals surface area (Å²) < 4.78 is 0. The molecule has 4 nitrogen and oxygen atoms in total. The molecular weight excluding hydrogens is 360 g/mol. The smallest absolute Gasteiger partial charge is 0.233 e. The van der Waals surface area contributed by atoms with Crippen LogP contribution in [0.1, 0.15) is 76.1 Å². The Kier molecular flexibility index (Phi) is 9.42. The number of amides is 2. The van der Waals surface area contributed by atoms with Crippen molar-refractivity contribution in [3.05, 3.63) is 71.8 Å². The van der Waals surface area contributed by atoms with E-state index in [-0.39, 0.29) is 23.9 Å². The van der Waals surface area contributed by atoms with Crippen molar-refractivity contribution in [2.75, 3.05) is 0 Å². The number of nitrogens with one attached hydrogen (secondary N) is 2. The highest BCUT2D eigenvalue weighted by Gasteiger charge is 2.28. The van der Waals surface area contributed by atoms with Crippen LogP contribution in [0.2, 0.25) is 0 Å². The van der Waals surface area contributed by atoms with Crippen molar-refractivity contribution in [3.8, 4) is 0 Å². The molecule has 0 unspecified atom stereocenters. The second kappa shape index (κ2) is 12.1. The zero-order valence-corrected chi connectivity index (χ0v) is 17.9. The second-order valence-electron chi connectivity index (χ2n) is 7.68. The van der Waals surface area contributed by atoms with Crippen LogP contribution in [0.25, 0.3) is 0 Å². The van der Waals surface area contributed by atoms with Crippen molar-refractivity contribution >= 4 is 11.8 Å². The molecule has 0 aliphatic rings. The van der Waals surface area contributed by atoms with Crippen molar-refractivity contribution in [2.45, 2.75) is 65.0 Å². The van der Waals surface area contributed by atoms with Crippen LogP contribution in [-0.2, 0) is 9.59 Å². The summed E-state index contributed by atoms with van der Waals surface area (Å²) in [6.07, 6.45) is 4.73. The second-order valence-corrected chi connectivity index (χ2v) is 7.68. The molecule has 2 N–H and O–H groups in total. The molecule has 0 saturated heterocycles. The highest BCUT2D eigenvalue weighted by Crippen LogP contribution is 2.18. The molecule has 2 aromatic rings. The highest BCUT2D eigenvalue weighted by molar-refractivity contribution is 6.00. The topological polar surface area (TPSA) is 58.2 Å². The van der Waals surface area contributed by atoms with Crippen molar-refractivity contribution in [3.63, 3.8) is 0 Å². The van der Waals surface area contributed by atoms with Crippen LogP contribution in [-0.4, -0.2) is 11.8 Å². The van der Waals surface area contributed by atoms with Gasteiger partial charge in [-0.15, -0.1) is 0 Å². The minimum atomic E-state index is -0.677. The molecule has 2 aromatic carbocycles. The first-order valence-electron chi connectivity index (χ1n) is 10.7. The Hall–Kier alpha value is -2.62. The van der Waals surface area contributed by atoms with Crippen LogP contribution in [0.3, 0.4) is 0 Å². The van der Waals surface area contributed by atoms with Crippen molar-refractivity contribution in [1.82, 2.24) is 10.6 Å². The molecule has 0 spiro atoms. The van der Waals surface area contributed by atoms with E-state index >= 15 is 0 Å². The standard InChI is InChI=1S/C25H34N2O2/c1-4-5-6-13-18-23(24(28)26-19(2)21-14-9-7-10-15-21)25(29)27-20(3)22-16-11-8-12-17-22/h7-12,14-17,19-20,23H,4-6,13,18H2,1-3H3,(H,26,28)(H,27,29)/t19-,20-/m1/s1. The van der Waals surface area contributed by atoms with Gasteiger partial charge < -0.3 is 10.6 Å². The number of rotatable bonds is 11. The average molecular weight is 395 g/mol. The molecule has 0 bridgehead atoms. The van der Waals surface area contributed by atoms with Crippen LogP contribution in [0.5, 0.6) is 0 Å². The summed E-state index contributed by atoms with van der Waals surface area (Å²) in [5, 5.41) is 6.06. The van der Waals surface area contributed by atoms with E-state index in [1.165, 1.54) is 0 Å². The molecule has 0 heterocycles. The molecule has 0 radical (unpaired) electrons. The Morgan fingerprint density at radius 2 is 1.17 bits per heavy atom. The van der Waals surface area contributed by atoms with Gasteiger partial charge in [0.15, 0.2) is 0 Å². The van der Waals surface area contributed by atoms with Crippen molar-refractivity contribution in [1.29, 1.82) is 0 Å². The summed E-state index contributed by atoms with van der Waals surface area (Å²) in [7, 11) is 0. The molecule has 2 atom stereocenters. The van der Waals surface area contributed by atoms with Crippen LogP contribution >= 0.6 is 0 Å². The third kappa shape index (κ3) is 7.37. The Labute approximate surface area is 175 Å². The van der Waals surface area contributed by atoms with Gasteiger partial charge >= 0.3 is 0 Å². The van der Waals surface area contributed by atoms with Gasteiger partial charge in [0.05, 0.1) is 12.1 Å². The van der Waals surface area contributed by atoms with Crippen LogP contribution in [0.15, 0.2) is 60.7 Å². The summed E-state index contributed by atoms with van der Waals surface area (Å²) in [4.78, 5) is 26.0. The first-order chi connectivity index (χ1) is 14.0. The van der Waals surface area contributed by atoms with Gasteiger partial charge in [-0.1, -0.05) is 93.3 Å². The van der Waals surface area contributed by atoms with Gasteiger partial charge in [-0.05, 0) is 31.4 Å². The fraction of sp³-hybridized carbons (Fsp3) is 0.440. The monoisotopic (exact) mass is 394 g/mol. The van der Waals surface area contributed by atoms with E-state index in [4.69, 9.17) is 0 Å². The van der Waals surface area contributed by atoms with E-state index in [1.54, 1.807) is 0 Å². The van der Waals surface area contributed by atoms with Gasteiger partial charge in [0.2, 0.25) is 11.8 Å². The van der Waals surface area contributed by atoms with Crippen molar-refractivity contribution in [2.24, 2.45) is 5.92 Å². The maximum absolute atomic E-state index is 13.0. The number of hydrogen-bond acceptors (Lipinski definition) is 2. The fourth-order valence-electron chi connectivity index (χ4n) is 3.43. The quantitative estimate of drug-likeness (QED) is 0.400. The molecule has 0 aromatic heterocycles. The minimum absolute atomic E-state index is 0.138. The van der Waals surface area contributed by atoms with Crippen LogP contribution in [0.4, 0.5) is 0 Å². The van der Waals surface area contributed by atoms with Crippen molar-refractivity contribution < 1.29 is 9.59 Å². The first-order valence-corrected chi connectivity index (χ1v) is 10.7. The lowest BCUT2D eigenvalue weighted by Gasteiger charge is -2.22. The van der Waals surface area contributed by atoms with Gasteiger partial charge in [0.1, 0.15) is 5.92 Å². The number of hydrogen-bond donors (Lipinski definition) is 2. The zero-order chi connectivity index (χ0) is 21.1. The summed E-state index contributed by atoms with van der Waals surface area (Å²) in [5.41, 5.74) is 2.06. The van der Waals surface area contributed by atoms with Crippen LogP contribution < -0.4 is 10.6 Å². The molecule has 2 rings (SSSR count). The number of unbranched alkanes of at least 4 members (excludes halogenated alkanes) is 3. The number of carbonyl (C=O) groups is 2. The Morgan fingerprint density at radius 1 is 0.724 bits per heavy atom. The molecule has 4 heteroatoms. The van der Waals surface area contributed by atoms with E-state index in [9.17, 15) is 9.59 Å². The lowest BCUT2D eigenvalue weighted by Crippen LogP contribution is -2.42. The number of carbonyl (C=O) groups excluding carboxylic acids is 2. The lowest BCUT2D eigenvalue weighted by atomic mass is 9.97. The van der Waals surface area contributed by atoms with Gasteiger partial charge in [-0.2, -0.15) is 0 Å². The summed E-state index contributed by atoms with van der Waals surface area (Å²) in [5.74, 6) is -1.07. The zero-order valence-electron chi connectivity index (χ0n) is 17.9. The largest absolute Gasteiger partial charge is 0.349 e. The molecule has 156 valence electrons. The Balaban J connectivity index is 2.04. The highest BCUT2D eigenvalue weighted by atomic mass is 16.2. The summed E-state index contributed by atoms with van der Waals surface area (Å²) >= 11 is 0. The normalized spacial score (nSPS) is 13.0. The molecule has 0 fully saturated rings. The minimum Gasteiger partial charge on any atom is -0.349 e. The Morgan fingerprint density at radius 3 is 1.59 bits per heavy atom. The first kappa shape index (κ1) is 22.7. The van der Waals surface area contributed by atoms with E-state index in [2.05, 4.69) is 17.6 Å². The fourth-order valence-corrected chi connectivity index (χ4v) is 3.43. The van der Waals surface area contributed by atoms with Gasteiger partial charge in [-0.25, -0.2) is 0 Å². The molecule has 0 aliphatic heterocycles. The third-order valence-electron chi connectivity index (χ3n) is 5.30. The van der Waals surface area contributed by atoms with Gasteiger partial charge in [0, 0.05) is 0 Å². The van der Waals surface area contributed by atoms with E-state index in [1.807, 2.05) is 74.5 Å². The third-order valence-corrected chi connectivity index (χ3v) is 5.30. The van der Waals surface area contributed by atoms with E-state index < -0.39 is 5.92 Å². The van der Waals surface area contributed by atoms with Crippen LogP contribution in [0, 0.1) is 5.92 Å². The molecule has 0 aliphatic carbocycles. The lowest BCUT2D eigenvalue weighted by molar-refractivity contribution is -0.136. The van der Waals surface area contributed by atoms with E-state index in [0.29, 0.717) is 6.42 Å². The molecule has 29 heavy (non-hydrogen) atoms. The maximum atomic E-state index is 13.0. The number of benzene rings is 2. The molecule has 0 saturated carbocycles. The average Bonchev–Trinajstić information content (AvgIpc) is 2.74. The van der Waals surface area contributed by atoms with Gasteiger partial charge in [-0.3, -0.25) is 9.59 Å². The summed E-state index contributed by atoms with van der Waals surface area (Å²) in [6.45, 7) is 6.05. The van der Waals surface area contributed by atoms with E-state index in [0.717, 1.165) is 36.8 Å². The SMILES string of the molecule is CCCCCCC(C(=O)N[C@H](C)c1ccccc1)C(=O)N[C@H](C)c1ccccc1. The maximum Gasteiger partial charge on any atom is 0.233 e. The predicted molar refractivity (Wildman–Crippen MR) is 118 cm³/mol. The summed E-state index contributed by atoms with van der Waals surface area (Å²) in [6, 6.07) is 19.4. The predicted octanol–water partition coefficient (Wildman–Crippen LogP) is 5.33. The Bertz CT molecular complexity index is 686.